The molecule has 0 saturated heterocycles. The van der Waals surface area contributed by atoms with Gasteiger partial charge in [0.25, 0.3) is 5.91 Å². The number of methoxy groups -OCH3 is 1. The van der Waals surface area contributed by atoms with Crippen molar-refractivity contribution in [2.75, 3.05) is 24.7 Å². The fourth-order valence-corrected chi connectivity index (χ4v) is 1.30. The molecule has 0 aromatic heterocycles. The quantitative estimate of drug-likeness (QED) is 0.671. The molecule has 5 N–H and O–H groups in total. The van der Waals surface area contributed by atoms with Gasteiger partial charge in [-0.1, -0.05) is 0 Å². The van der Waals surface area contributed by atoms with Crippen molar-refractivity contribution in [1.82, 2.24) is 0 Å². The number of hydrogen-bond acceptors (Lipinski definition) is 4. The van der Waals surface area contributed by atoms with Gasteiger partial charge in [0.2, 0.25) is 0 Å². The Balaban J connectivity index is 2.89. The maximum absolute atomic E-state index is 11.2. The van der Waals surface area contributed by atoms with Crippen LogP contribution in [0.2, 0.25) is 0 Å². The van der Waals surface area contributed by atoms with Gasteiger partial charge < -0.3 is 21.5 Å². The smallest absolute Gasteiger partial charge is 0.250 e. The van der Waals surface area contributed by atoms with Crippen LogP contribution in [0.25, 0.3) is 0 Å². The molecular weight excluding hydrogens is 218 g/mol. The van der Waals surface area contributed by atoms with E-state index in [0.29, 0.717) is 23.5 Å². The third kappa shape index (κ3) is 3.64. The molecule has 0 aliphatic heterocycles. The summed E-state index contributed by atoms with van der Waals surface area (Å²) < 4.78 is 5.28. The number of carbonyl (C=O) groups is 1. The molecule has 0 unspecified atom stereocenters. The maximum Gasteiger partial charge on any atom is 0.250 e. The third-order valence-electron chi connectivity index (χ3n) is 2.57. The summed E-state index contributed by atoms with van der Waals surface area (Å²) in [6.07, 6.45) is 0. The molecule has 0 atom stereocenters. The van der Waals surface area contributed by atoms with Crippen molar-refractivity contribution < 1.29 is 9.53 Å². The van der Waals surface area contributed by atoms with Crippen molar-refractivity contribution in [2.45, 2.75) is 19.4 Å². The highest BCUT2D eigenvalue weighted by Gasteiger charge is 2.17. The van der Waals surface area contributed by atoms with E-state index in [4.69, 9.17) is 16.2 Å². The number of primary amides is 1. The van der Waals surface area contributed by atoms with Crippen LogP contribution in [-0.4, -0.2) is 25.2 Å². The predicted octanol–water partition coefficient (Wildman–Crippen LogP) is 1.20. The highest BCUT2D eigenvalue weighted by Crippen LogP contribution is 2.20. The number of amides is 1. The molecule has 0 aliphatic rings. The van der Waals surface area contributed by atoms with Gasteiger partial charge in [0.1, 0.15) is 0 Å². The SMILES string of the molecule is COC(C)(C)CNc1cc(N)ccc1C(N)=O. The molecule has 0 bridgehead atoms. The molecule has 0 aliphatic carbocycles. The van der Waals surface area contributed by atoms with Gasteiger partial charge in [0, 0.05) is 25.0 Å². The Kier molecular flexibility index (Phi) is 3.96. The molecule has 0 spiro atoms. The number of ether oxygens (including phenoxy) is 1. The summed E-state index contributed by atoms with van der Waals surface area (Å²) in [6, 6.07) is 4.94. The van der Waals surface area contributed by atoms with Crippen molar-refractivity contribution in [3.8, 4) is 0 Å². The van der Waals surface area contributed by atoms with Crippen LogP contribution in [0.4, 0.5) is 11.4 Å². The average Bonchev–Trinajstić information content (AvgIpc) is 2.26. The van der Waals surface area contributed by atoms with Gasteiger partial charge >= 0.3 is 0 Å². The van der Waals surface area contributed by atoms with E-state index in [1.807, 2.05) is 13.8 Å². The van der Waals surface area contributed by atoms with Gasteiger partial charge in [-0.25, -0.2) is 0 Å². The van der Waals surface area contributed by atoms with E-state index in [1.54, 1.807) is 25.3 Å². The molecule has 1 aromatic carbocycles. The predicted molar refractivity (Wildman–Crippen MR) is 69.0 cm³/mol. The lowest BCUT2D eigenvalue weighted by molar-refractivity contribution is 0.0343. The van der Waals surface area contributed by atoms with Crippen molar-refractivity contribution in [3.05, 3.63) is 23.8 Å². The molecule has 0 radical (unpaired) electrons. The van der Waals surface area contributed by atoms with Crippen LogP contribution in [0.3, 0.4) is 0 Å². The Morgan fingerprint density at radius 2 is 2.12 bits per heavy atom. The van der Waals surface area contributed by atoms with Gasteiger partial charge in [0.05, 0.1) is 11.2 Å². The highest BCUT2D eigenvalue weighted by atomic mass is 16.5. The number of nitrogens with one attached hydrogen (secondary N) is 1. The zero-order chi connectivity index (χ0) is 13.1. The van der Waals surface area contributed by atoms with Gasteiger partial charge in [-0.05, 0) is 32.0 Å². The van der Waals surface area contributed by atoms with Crippen molar-refractivity contribution in [1.29, 1.82) is 0 Å². The number of carbonyl (C=O) groups excluding carboxylic acids is 1. The number of nitrogens with two attached hydrogens (primary N) is 2. The highest BCUT2D eigenvalue weighted by molar-refractivity contribution is 5.99. The summed E-state index contributed by atoms with van der Waals surface area (Å²) in [4.78, 5) is 11.2. The zero-order valence-electron chi connectivity index (χ0n) is 10.4. The minimum atomic E-state index is -0.484. The second kappa shape index (κ2) is 5.05. The first-order chi connectivity index (χ1) is 7.85. The minimum absolute atomic E-state index is 0.334. The largest absolute Gasteiger partial charge is 0.399 e. The van der Waals surface area contributed by atoms with Crippen molar-refractivity contribution in [2.24, 2.45) is 5.73 Å². The van der Waals surface area contributed by atoms with Gasteiger partial charge in [-0.2, -0.15) is 0 Å². The first kappa shape index (κ1) is 13.3. The molecule has 5 heteroatoms. The second-order valence-electron chi connectivity index (χ2n) is 4.49. The fraction of sp³-hybridized carbons (Fsp3) is 0.417. The molecular formula is C12H19N3O2. The Hall–Kier alpha value is -1.75. The standard InChI is InChI=1S/C12H19N3O2/c1-12(2,17-3)7-15-10-6-8(13)4-5-9(10)11(14)16/h4-6,15H,7,13H2,1-3H3,(H2,14,16). The average molecular weight is 237 g/mol. The van der Waals surface area contributed by atoms with Gasteiger partial charge in [0.15, 0.2) is 0 Å². The first-order valence-corrected chi connectivity index (χ1v) is 5.34. The molecule has 1 aromatic rings. The van der Waals surface area contributed by atoms with E-state index >= 15 is 0 Å². The van der Waals surface area contributed by atoms with Crippen LogP contribution in [0.15, 0.2) is 18.2 Å². The normalized spacial score (nSPS) is 11.2. The summed E-state index contributed by atoms with van der Waals surface area (Å²) in [5.74, 6) is -0.484. The summed E-state index contributed by atoms with van der Waals surface area (Å²) in [5.41, 5.74) is 12.3. The molecule has 0 heterocycles. The summed E-state index contributed by atoms with van der Waals surface area (Å²) in [7, 11) is 1.63. The van der Waals surface area contributed by atoms with Crippen LogP contribution in [0.1, 0.15) is 24.2 Å². The van der Waals surface area contributed by atoms with Crippen LogP contribution < -0.4 is 16.8 Å². The summed E-state index contributed by atoms with van der Waals surface area (Å²) in [5, 5.41) is 3.12. The minimum Gasteiger partial charge on any atom is -0.399 e. The van der Waals surface area contributed by atoms with E-state index < -0.39 is 5.91 Å². The summed E-state index contributed by atoms with van der Waals surface area (Å²) >= 11 is 0. The van der Waals surface area contributed by atoms with E-state index in [0.717, 1.165) is 0 Å². The summed E-state index contributed by atoms with van der Waals surface area (Å²) in [6.45, 7) is 4.43. The maximum atomic E-state index is 11.2. The number of hydrogen-bond donors (Lipinski definition) is 3. The Labute approximate surface area is 101 Å². The van der Waals surface area contributed by atoms with Crippen LogP contribution in [-0.2, 0) is 4.74 Å². The van der Waals surface area contributed by atoms with Gasteiger partial charge in [-0.15, -0.1) is 0 Å². The number of anilines is 2. The number of nitrogen functional groups attached to an aromatic ring is 1. The topological polar surface area (TPSA) is 90.4 Å². The molecule has 1 rings (SSSR count). The molecule has 1 amide bonds. The number of benzene rings is 1. The monoisotopic (exact) mass is 237 g/mol. The van der Waals surface area contributed by atoms with Crippen LogP contribution in [0.5, 0.6) is 0 Å². The zero-order valence-corrected chi connectivity index (χ0v) is 10.4. The second-order valence-corrected chi connectivity index (χ2v) is 4.49. The van der Waals surface area contributed by atoms with Crippen LogP contribution >= 0.6 is 0 Å². The first-order valence-electron chi connectivity index (χ1n) is 5.34. The van der Waals surface area contributed by atoms with E-state index in [9.17, 15) is 4.79 Å². The van der Waals surface area contributed by atoms with E-state index in [-0.39, 0.29) is 5.60 Å². The fourth-order valence-electron chi connectivity index (χ4n) is 1.30. The molecule has 94 valence electrons. The molecule has 5 nitrogen and oxygen atoms in total. The van der Waals surface area contributed by atoms with Crippen molar-refractivity contribution >= 4 is 17.3 Å². The Morgan fingerprint density at radius 1 is 1.47 bits per heavy atom. The lowest BCUT2D eigenvalue weighted by Crippen LogP contribution is -2.32. The molecule has 0 saturated carbocycles. The van der Waals surface area contributed by atoms with Crippen molar-refractivity contribution in [3.63, 3.8) is 0 Å². The Bertz CT molecular complexity index is 416. The lowest BCUT2D eigenvalue weighted by atomic mass is 10.1. The molecule has 17 heavy (non-hydrogen) atoms. The lowest BCUT2D eigenvalue weighted by Gasteiger charge is -2.24. The molecule has 0 fully saturated rings. The van der Waals surface area contributed by atoms with Gasteiger partial charge in [-0.3, -0.25) is 4.79 Å². The van der Waals surface area contributed by atoms with Crippen LogP contribution in [0, 0.1) is 0 Å². The third-order valence-corrected chi connectivity index (χ3v) is 2.57. The van der Waals surface area contributed by atoms with E-state index in [1.165, 1.54) is 0 Å². The van der Waals surface area contributed by atoms with E-state index in [2.05, 4.69) is 5.32 Å². The Morgan fingerprint density at radius 3 is 2.65 bits per heavy atom. The number of rotatable bonds is 5.